The van der Waals surface area contributed by atoms with Crippen LogP contribution in [-0.2, 0) is 9.59 Å². The van der Waals surface area contributed by atoms with E-state index in [0.29, 0.717) is 9.80 Å². The maximum atomic E-state index is 13.2. The minimum atomic E-state index is -2.99. The van der Waals surface area contributed by atoms with Gasteiger partial charge in [-0.05, 0) is 76.5 Å². The Morgan fingerprint density at radius 3 is 2.31 bits per heavy atom. The molecule has 0 aliphatic carbocycles. The molecule has 3 aliphatic heterocycles. The molecule has 3 heterocycles. The van der Waals surface area contributed by atoms with Gasteiger partial charge >= 0.3 is 0 Å². The fourth-order valence-corrected chi connectivity index (χ4v) is 3.49. The molecule has 2 fully saturated rings. The number of benzene rings is 1. The van der Waals surface area contributed by atoms with Gasteiger partial charge in [0.1, 0.15) is 6.04 Å². The van der Waals surface area contributed by atoms with E-state index >= 15 is 0 Å². The Kier molecular flexibility index (Phi) is 2.97. The van der Waals surface area contributed by atoms with Crippen molar-refractivity contribution in [1.29, 1.82) is 0 Å². The summed E-state index contributed by atoms with van der Waals surface area (Å²) in [5.74, 6) is -5.05. The molecule has 1 N–H and O–H groups in total. The van der Waals surface area contributed by atoms with Crippen molar-refractivity contribution in [3.8, 4) is 0 Å². The van der Waals surface area contributed by atoms with Crippen LogP contribution in [0.1, 0.15) is 89.5 Å². The Morgan fingerprint density at radius 1 is 1.03 bits per heavy atom. The first-order chi connectivity index (χ1) is 16.7. The smallest absolute Gasteiger partial charge is 0.262 e. The number of hydrogen-bond acceptors (Lipinski definition) is 5. The number of fused-ring (bicyclic) bond motifs is 1. The normalized spacial score (nSPS) is 35.1. The summed E-state index contributed by atoms with van der Waals surface area (Å²) in [6.45, 7) is -1.60. The van der Waals surface area contributed by atoms with Crippen molar-refractivity contribution in [2.45, 2.75) is 63.9 Å². The van der Waals surface area contributed by atoms with Crippen molar-refractivity contribution in [3.05, 3.63) is 34.9 Å². The molecule has 0 aromatic heterocycles. The average molecular weight is 406 g/mol. The van der Waals surface area contributed by atoms with E-state index in [2.05, 4.69) is 5.32 Å². The van der Waals surface area contributed by atoms with Crippen molar-refractivity contribution >= 4 is 23.6 Å². The van der Waals surface area contributed by atoms with Gasteiger partial charge in [-0.2, -0.15) is 0 Å². The maximum Gasteiger partial charge on any atom is 0.262 e. The monoisotopic (exact) mass is 405 g/mol. The van der Waals surface area contributed by atoms with Crippen LogP contribution in [-0.4, -0.2) is 58.0 Å². The zero-order valence-corrected chi connectivity index (χ0v) is 16.3. The van der Waals surface area contributed by atoms with E-state index in [4.69, 9.17) is 11.0 Å². The quantitative estimate of drug-likeness (QED) is 0.761. The van der Waals surface area contributed by atoms with Crippen molar-refractivity contribution in [2.75, 3.05) is 13.0 Å². The Labute approximate surface area is 181 Å². The standard InChI is InChI=1S/C22H27N3O4/c1-22(2,3)24-10-8-13(9-11-24)14-4-5-15-16(12-14)21(29)25(20(15)28)17-6-7-18(26)23-19(17)27/h4-5,12-13,17H,6-11H2,1-3H3,(H,23,26,27)/t17-/m1/s1/i8D2,9D2,10D2,11D2. The van der Waals surface area contributed by atoms with E-state index < -0.39 is 66.9 Å². The first kappa shape index (κ1) is 12.2. The summed E-state index contributed by atoms with van der Waals surface area (Å²) in [5, 5.41) is 2.08. The van der Waals surface area contributed by atoms with Crippen LogP contribution in [0.4, 0.5) is 0 Å². The van der Waals surface area contributed by atoms with Crippen LogP contribution >= 0.6 is 0 Å². The van der Waals surface area contributed by atoms with E-state index in [-0.39, 0.29) is 29.5 Å². The summed E-state index contributed by atoms with van der Waals surface area (Å²) < 4.78 is 69.2. The number of piperidine rings is 2. The van der Waals surface area contributed by atoms with Gasteiger partial charge in [-0.3, -0.25) is 34.3 Å². The molecular weight excluding hydrogens is 370 g/mol. The lowest BCUT2D eigenvalue weighted by molar-refractivity contribution is -0.136. The van der Waals surface area contributed by atoms with Crippen LogP contribution in [0, 0.1) is 0 Å². The third-order valence-electron chi connectivity index (χ3n) is 5.11. The second kappa shape index (κ2) is 7.06. The van der Waals surface area contributed by atoms with E-state index in [1.807, 2.05) is 0 Å². The highest BCUT2D eigenvalue weighted by Gasteiger charge is 2.44. The Bertz CT molecular complexity index is 1200. The van der Waals surface area contributed by atoms with Crippen LogP contribution in [0.5, 0.6) is 0 Å². The minimum absolute atomic E-state index is 0.0697. The number of carbonyl (C=O) groups is 4. The van der Waals surface area contributed by atoms with Gasteiger partial charge in [0.25, 0.3) is 11.8 Å². The van der Waals surface area contributed by atoms with Gasteiger partial charge in [-0.1, -0.05) is 6.07 Å². The fourth-order valence-electron chi connectivity index (χ4n) is 3.49. The number of nitrogens with one attached hydrogen (secondary N) is 1. The molecule has 3 aliphatic rings. The topological polar surface area (TPSA) is 86.8 Å². The van der Waals surface area contributed by atoms with Gasteiger partial charge in [0.15, 0.2) is 0 Å². The lowest BCUT2D eigenvalue weighted by Crippen LogP contribution is -2.54. The summed E-state index contributed by atoms with van der Waals surface area (Å²) in [4.78, 5) is 51.3. The van der Waals surface area contributed by atoms with Gasteiger partial charge in [-0.15, -0.1) is 0 Å². The summed E-state index contributed by atoms with van der Waals surface area (Å²) >= 11 is 0. The van der Waals surface area contributed by atoms with Gasteiger partial charge in [0, 0.05) is 22.9 Å². The number of rotatable bonds is 2. The number of hydrogen-bond donors (Lipinski definition) is 1. The molecule has 7 nitrogen and oxygen atoms in total. The molecule has 0 bridgehead atoms. The zero-order chi connectivity index (χ0) is 28.1. The molecule has 154 valence electrons. The highest BCUT2D eigenvalue weighted by molar-refractivity contribution is 6.23. The fraction of sp³-hybridized carbons (Fsp3) is 0.545. The molecular formula is C22H27N3O4. The number of imide groups is 2. The molecule has 4 amide bonds. The summed E-state index contributed by atoms with van der Waals surface area (Å²) in [6.07, 6.45) is -6.12. The molecule has 2 saturated heterocycles. The second-order valence-corrected chi connectivity index (χ2v) is 8.20. The van der Waals surface area contributed by atoms with Crippen LogP contribution in [0.25, 0.3) is 0 Å². The molecule has 0 radical (unpaired) electrons. The van der Waals surface area contributed by atoms with E-state index in [0.717, 1.165) is 6.07 Å². The molecule has 1 atom stereocenters. The van der Waals surface area contributed by atoms with Crippen molar-refractivity contribution < 1.29 is 30.1 Å². The van der Waals surface area contributed by atoms with E-state index in [1.54, 1.807) is 0 Å². The molecule has 1 aromatic carbocycles. The molecule has 1 aromatic rings. The second-order valence-electron chi connectivity index (χ2n) is 8.20. The number of nitrogens with zero attached hydrogens (tertiary/aromatic N) is 2. The largest absolute Gasteiger partial charge is 0.298 e. The van der Waals surface area contributed by atoms with Gasteiger partial charge in [0.2, 0.25) is 11.8 Å². The van der Waals surface area contributed by atoms with Crippen LogP contribution < -0.4 is 5.32 Å². The summed E-state index contributed by atoms with van der Waals surface area (Å²) in [7, 11) is 0. The summed E-state index contributed by atoms with van der Waals surface area (Å²) in [5.41, 5.74) is -1.86. The highest BCUT2D eigenvalue weighted by atomic mass is 16.2. The zero-order valence-electron chi connectivity index (χ0n) is 24.3. The first-order valence-corrected chi connectivity index (χ1v) is 9.35. The van der Waals surface area contributed by atoms with E-state index in [9.17, 15) is 19.2 Å². The first-order valence-electron chi connectivity index (χ1n) is 13.3. The van der Waals surface area contributed by atoms with Crippen molar-refractivity contribution in [2.24, 2.45) is 0 Å². The van der Waals surface area contributed by atoms with Crippen LogP contribution in [0.2, 0.25) is 0 Å². The summed E-state index contributed by atoms with van der Waals surface area (Å²) in [6, 6.07) is 2.19. The Balaban J connectivity index is 1.82. The molecule has 29 heavy (non-hydrogen) atoms. The lowest BCUT2D eigenvalue weighted by atomic mass is 9.86. The van der Waals surface area contributed by atoms with Gasteiger partial charge in [0.05, 0.1) is 11.1 Å². The molecule has 7 heteroatoms. The van der Waals surface area contributed by atoms with E-state index in [1.165, 1.54) is 32.9 Å². The Hall–Kier alpha value is -2.54. The average Bonchev–Trinajstić information content (AvgIpc) is 2.95. The SMILES string of the molecule is [2H]C1([2H])C(c2ccc3c(c2)C(=O)N([C@@H]2CCC(=O)NC2=O)C3=O)C([2H])([2H])C([2H])([2H])N(C(C)(C)C)C1([2H])[2H]. The molecule has 4 rings (SSSR count). The minimum Gasteiger partial charge on any atom is -0.298 e. The highest BCUT2D eigenvalue weighted by Crippen LogP contribution is 2.34. The van der Waals surface area contributed by atoms with Crippen molar-refractivity contribution in [1.82, 2.24) is 15.1 Å². The third-order valence-corrected chi connectivity index (χ3v) is 5.11. The lowest BCUT2D eigenvalue weighted by Gasteiger charge is -2.41. The number of amides is 4. The predicted molar refractivity (Wildman–Crippen MR) is 106 cm³/mol. The molecule has 0 spiro atoms. The van der Waals surface area contributed by atoms with Crippen LogP contribution in [0.15, 0.2) is 18.2 Å². The van der Waals surface area contributed by atoms with Gasteiger partial charge < -0.3 is 0 Å². The predicted octanol–water partition coefficient (Wildman–Crippen LogP) is 2.07. The maximum absolute atomic E-state index is 13.2. The van der Waals surface area contributed by atoms with Crippen molar-refractivity contribution in [3.63, 3.8) is 0 Å². The molecule has 0 saturated carbocycles. The Morgan fingerprint density at radius 2 is 1.69 bits per heavy atom. The number of carbonyl (C=O) groups excluding carboxylic acids is 4. The van der Waals surface area contributed by atoms with Crippen LogP contribution in [0.3, 0.4) is 0 Å². The number of likely N-dealkylation sites (tertiary alicyclic amines) is 1. The van der Waals surface area contributed by atoms with Gasteiger partial charge in [-0.25, -0.2) is 0 Å². The molecule has 0 unspecified atom stereocenters. The third kappa shape index (κ3) is 3.48.